The van der Waals surface area contributed by atoms with Gasteiger partial charge in [-0.2, -0.15) is 9.38 Å². The number of nitrogens with zero attached hydrogens (tertiary/aromatic N) is 4. The van der Waals surface area contributed by atoms with E-state index in [0.717, 1.165) is 0 Å². The molecular weight excluding hydrogens is 256 g/mol. The van der Waals surface area contributed by atoms with Gasteiger partial charge in [-0.15, -0.1) is 0 Å². The molecule has 0 amide bonds. The Morgan fingerprint density at radius 3 is 3.22 bits per heavy atom. The maximum Gasteiger partial charge on any atom is 0.373 e. The van der Waals surface area contributed by atoms with E-state index in [1.54, 1.807) is 11.6 Å². The summed E-state index contributed by atoms with van der Waals surface area (Å²) in [6.45, 7) is 3.79. The first-order valence-corrected chi connectivity index (χ1v) is 6.51. The average Bonchev–Trinajstić information content (AvgIpc) is 2.87. The van der Waals surface area contributed by atoms with Gasteiger partial charge in [-0.1, -0.05) is 11.3 Å². The lowest BCUT2D eigenvalue weighted by Crippen LogP contribution is -2.41. The van der Waals surface area contributed by atoms with E-state index in [4.69, 9.17) is 4.74 Å². The van der Waals surface area contributed by atoms with Gasteiger partial charge in [0.2, 0.25) is 5.82 Å². The molecule has 1 fully saturated rings. The van der Waals surface area contributed by atoms with E-state index in [2.05, 4.69) is 4.98 Å². The van der Waals surface area contributed by atoms with Crippen LogP contribution in [0.3, 0.4) is 0 Å². The van der Waals surface area contributed by atoms with Crippen LogP contribution in [0.5, 0.6) is 0 Å². The monoisotopic (exact) mass is 268 g/mol. The van der Waals surface area contributed by atoms with Gasteiger partial charge in [-0.05, 0) is 11.8 Å². The van der Waals surface area contributed by atoms with Crippen molar-refractivity contribution >= 4 is 27.9 Å². The Balaban J connectivity index is 2.07. The van der Waals surface area contributed by atoms with Crippen LogP contribution in [0.2, 0.25) is 0 Å². The molecule has 2 aromatic rings. The summed E-state index contributed by atoms with van der Waals surface area (Å²) in [6, 6.07) is 0. The number of thiazole rings is 1. The highest BCUT2D eigenvalue weighted by Crippen LogP contribution is 2.31. The third kappa shape index (κ3) is 1.73. The minimum absolute atomic E-state index is 0.0420. The Hall–Kier alpha value is -1.67. The molecule has 18 heavy (non-hydrogen) atoms. The molecule has 0 N–H and O–H groups in total. The summed E-state index contributed by atoms with van der Waals surface area (Å²) in [5, 5.41) is 13.0. The van der Waals surface area contributed by atoms with Crippen molar-refractivity contribution in [2.75, 3.05) is 24.6 Å². The van der Waals surface area contributed by atoms with Gasteiger partial charge in [0.25, 0.3) is 4.96 Å². The standard InChI is InChI=1S/C10H12N4O3S/c1-7-6-12(2-4-17-7)8-9(14(15)16)13-3-5-18-10(13)11-8/h3,5,7H,2,4,6H2,1H3. The van der Waals surface area contributed by atoms with Gasteiger partial charge in [0.1, 0.15) is 6.20 Å². The second-order valence-corrected chi connectivity index (χ2v) is 5.07. The smallest absolute Gasteiger partial charge is 0.373 e. The lowest BCUT2D eigenvalue weighted by Gasteiger charge is -2.30. The van der Waals surface area contributed by atoms with Crippen LogP contribution < -0.4 is 4.90 Å². The van der Waals surface area contributed by atoms with Gasteiger partial charge in [0.05, 0.1) is 12.7 Å². The van der Waals surface area contributed by atoms with Crippen LogP contribution in [0.15, 0.2) is 11.6 Å². The Kier molecular flexibility index (Phi) is 2.67. The van der Waals surface area contributed by atoms with Gasteiger partial charge in [0, 0.05) is 18.5 Å². The summed E-state index contributed by atoms with van der Waals surface area (Å²) >= 11 is 1.39. The average molecular weight is 268 g/mol. The van der Waals surface area contributed by atoms with Crippen molar-refractivity contribution in [3.63, 3.8) is 0 Å². The predicted molar refractivity (Wildman–Crippen MR) is 67.4 cm³/mol. The minimum Gasteiger partial charge on any atom is -0.375 e. The number of morpholine rings is 1. The molecule has 0 radical (unpaired) electrons. The summed E-state index contributed by atoms with van der Waals surface area (Å²) in [6.07, 6.45) is 1.75. The van der Waals surface area contributed by atoms with Crippen molar-refractivity contribution in [3.8, 4) is 0 Å². The predicted octanol–water partition coefficient (Wildman–Crippen LogP) is 1.53. The van der Waals surface area contributed by atoms with Crippen LogP contribution >= 0.6 is 11.3 Å². The maximum absolute atomic E-state index is 11.2. The van der Waals surface area contributed by atoms with Crippen LogP contribution in [0.25, 0.3) is 4.96 Å². The van der Waals surface area contributed by atoms with Crippen molar-refractivity contribution in [1.82, 2.24) is 9.38 Å². The zero-order chi connectivity index (χ0) is 12.7. The maximum atomic E-state index is 11.2. The summed E-state index contributed by atoms with van der Waals surface area (Å²) in [5.74, 6) is 0.488. The van der Waals surface area contributed by atoms with Gasteiger partial charge in [0.15, 0.2) is 0 Å². The van der Waals surface area contributed by atoms with Crippen molar-refractivity contribution in [3.05, 3.63) is 21.7 Å². The van der Waals surface area contributed by atoms with E-state index < -0.39 is 0 Å². The summed E-state index contributed by atoms with van der Waals surface area (Å²) in [4.78, 5) is 17.8. The molecular formula is C10H12N4O3S. The van der Waals surface area contributed by atoms with E-state index in [0.29, 0.717) is 30.5 Å². The number of hydrogen-bond acceptors (Lipinski definition) is 6. The Morgan fingerprint density at radius 2 is 2.50 bits per heavy atom. The van der Waals surface area contributed by atoms with E-state index in [9.17, 15) is 10.1 Å². The normalized spacial score (nSPS) is 20.5. The number of fused-ring (bicyclic) bond motifs is 1. The number of rotatable bonds is 2. The molecule has 0 spiro atoms. The second-order valence-electron chi connectivity index (χ2n) is 4.20. The van der Waals surface area contributed by atoms with E-state index in [-0.39, 0.29) is 16.8 Å². The molecule has 0 aliphatic carbocycles. The molecule has 1 aliphatic heterocycles. The lowest BCUT2D eigenvalue weighted by molar-refractivity contribution is -0.389. The van der Waals surface area contributed by atoms with E-state index in [1.165, 1.54) is 15.7 Å². The fraction of sp³-hybridized carbons (Fsp3) is 0.500. The molecule has 1 unspecified atom stereocenters. The van der Waals surface area contributed by atoms with E-state index in [1.807, 2.05) is 11.8 Å². The SMILES string of the molecule is CC1CN(c2nc3sccn3c2[N+](=O)[O-])CCO1. The Morgan fingerprint density at radius 1 is 1.67 bits per heavy atom. The third-order valence-electron chi connectivity index (χ3n) is 2.93. The molecule has 1 aliphatic rings. The van der Waals surface area contributed by atoms with E-state index >= 15 is 0 Å². The first kappa shape index (κ1) is 11.4. The van der Waals surface area contributed by atoms with Crippen molar-refractivity contribution in [2.24, 2.45) is 0 Å². The second kappa shape index (κ2) is 4.21. The molecule has 0 aromatic carbocycles. The topological polar surface area (TPSA) is 72.9 Å². The van der Waals surface area contributed by atoms with Crippen molar-refractivity contribution in [2.45, 2.75) is 13.0 Å². The zero-order valence-corrected chi connectivity index (χ0v) is 10.6. The summed E-state index contributed by atoms with van der Waals surface area (Å²) in [7, 11) is 0. The molecule has 0 bridgehead atoms. The van der Waals surface area contributed by atoms with Gasteiger partial charge in [-0.3, -0.25) is 0 Å². The van der Waals surface area contributed by atoms with Crippen molar-refractivity contribution < 1.29 is 9.66 Å². The van der Waals surface area contributed by atoms with Crippen LogP contribution in [0.1, 0.15) is 6.92 Å². The molecule has 1 saturated heterocycles. The van der Waals surface area contributed by atoms with Gasteiger partial charge >= 0.3 is 5.82 Å². The first-order chi connectivity index (χ1) is 8.66. The van der Waals surface area contributed by atoms with Crippen LogP contribution in [-0.2, 0) is 4.74 Å². The number of anilines is 1. The molecule has 3 heterocycles. The molecule has 3 rings (SSSR count). The van der Waals surface area contributed by atoms with Crippen LogP contribution in [0, 0.1) is 10.1 Å². The molecule has 2 aromatic heterocycles. The quantitative estimate of drug-likeness (QED) is 0.610. The minimum atomic E-state index is -0.373. The van der Waals surface area contributed by atoms with Crippen LogP contribution in [0.4, 0.5) is 11.6 Å². The van der Waals surface area contributed by atoms with Crippen LogP contribution in [-0.4, -0.2) is 40.1 Å². The fourth-order valence-corrected chi connectivity index (χ4v) is 2.86. The Labute approximate surface area is 107 Å². The highest BCUT2D eigenvalue weighted by atomic mass is 32.1. The number of ether oxygens (including phenoxy) is 1. The fourth-order valence-electron chi connectivity index (χ4n) is 2.15. The largest absolute Gasteiger partial charge is 0.375 e. The number of aromatic nitrogens is 2. The third-order valence-corrected chi connectivity index (χ3v) is 3.69. The highest BCUT2D eigenvalue weighted by molar-refractivity contribution is 7.15. The zero-order valence-electron chi connectivity index (χ0n) is 9.78. The number of imidazole rings is 1. The number of nitro groups is 1. The van der Waals surface area contributed by atoms with Gasteiger partial charge in [-0.25, -0.2) is 0 Å². The summed E-state index contributed by atoms with van der Waals surface area (Å²) in [5.41, 5.74) is 0. The molecule has 96 valence electrons. The molecule has 1 atom stereocenters. The number of hydrogen-bond donors (Lipinski definition) is 0. The molecule has 0 saturated carbocycles. The Bertz CT molecular complexity index is 593. The summed E-state index contributed by atoms with van der Waals surface area (Å²) < 4.78 is 6.97. The molecule has 8 heteroatoms. The lowest BCUT2D eigenvalue weighted by atomic mass is 10.3. The van der Waals surface area contributed by atoms with Crippen molar-refractivity contribution in [1.29, 1.82) is 0 Å². The first-order valence-electron chi connectivity index (χ1n) is 5.63. The molecule has 7 nitrogen and oxygen atoms in total. The highest BCUT2D eigenvalue weighted by Gasteiger charge is 2.30. The van der Waals surface area contributed by atoms with Gasteiger partial charge < -0.3 is 19.8 Å².